The smallest absolute Gasteiger partial charge is 0.418 e. The fraction of sp³-hybridized carbons (Fsp3) is 0.867. The molecule has 10 nitrogen and oxygen atoms in total. The molecule has 1 aliphatic heterocycles. The van der Waals surface area contributed by atoms with Crippen molar-refractivity contribution in [3.8, 4) is 0 Å². The molecule has 0 aromatic rings. The minimum Gasteiger partial charge on any atom is -0.463 e. The van der Waals surface area contributed by atoms with Gasteiger partial charge in [-0.25, -0.2) is 14.7 Å². The fourth-order valence-electron chi connectivity index (χ4n) is 2.71. The van der Waals surface area contributed by atoms with Crippen LogP contribution in [0, 0.1) is 16.0 Å². The molecule has 1 atom stereocenters. The minimum absolute atomic E-state index is 0.0451. The van der Waals surface area contributed by atoms with Gasteiger partial charge < -0.3 is 19.0 Å². The van der Waals surface area contributed by atoms with Gasteiger partial charge in [-0.1, -0.05) is 13.3 Å². The zero-order valence-corrected chi connectivity index (χ0v) is 14.4. The van der Waals surface area contributed by atoms with Crippen LogP contribution in [0.3, 0.4) is 0 Å². The highest BCUT2D eigenvalue weighted by Gasteiger charge is 2.41. The van der Waals surface area contributed by atoms with E-state index in [4.69, 9.17) is 14.2 Å². The van der Waals surface area contributed by atoms with Crippen molar-refractivity contribution in [1.29, 1.82) is 0 Å². The van der Waals surface area contributed by atoms with Crippen molar-refractivity contribution in [3.05, 3.63) is 10.1 Å². The molecule has 0 aromatic heterocycles. The van der Waals surface area contributed by atoms with Gasteiger partial charge in [-0.3, -0.25) is 0 Å². The van der Waals surface area contributed by atoms with Crippen LogP contribution < -0.4 is 0 Å². The summed E-state index contributed by atoms with van der Waals surface area (Å²) in [5.74, 6) is 0.468. The molecule has 2 rings (SSSR count). The number of aliphatic imine (C=N–C) groups is 1. The summed E-state index contributed by atoms with van der Waals surface area (Å²) in [6, 6.07) is 0.388. The van der Waals surface area contributed by atoms with Gasteiger partial charge >= 0.3 is 6.09 Å². The van der Waals surface area contributed by atoms with Crippen LogP contribution in [0.25, 0.3) is 0 Å². The SMILES string of the molecule is CCCC(C1CC1)N(C(=O)OCCOCCO[N+](=O)[O-])C1=NCCO1. The van der Waals surface area contributed by atoms with Crippen molar-refractivity contribution < 1.29 is 28.9 Å². The van der Waals surface area contributed by atoms with E-state index in [1.54, 1.807) is 4.90 Å². The van der Waals surface area contributed by atoms with Crippen molar-refractivity contribution in [3.63, 3.8) is 0 Å². The summed E-state index contributed by atoms with van der Waals surface area (Å²) in [6.45, 7) is 3.18. The number of amidine groups is 1. The van der Waals surface area contributed by atoms with E-state index in [0.29, 0.717) is 25.1 Å². The first-order chi connectivity index (χ1) is 12.1. The first-order valence-corrected chi connectivity index (χ1v) is 8.61. The predicted molar refractivity (Wildman–Crippen MR) is 86.6 cm³/mol. The van der Waals surface area contributed by atoms with Crippen LogP contribution >= 0.6 is 0 Å². The highest BCUT2D eigenvalue weighted by molar-refractivity contribution is 5.91. The van der Waals surface area contributed by atoms with Gasteiger partial charge in [0.15, 0.2) is 0 Å². The molecule has 1 heterocycles. The average molecular weight is 359 g/mol. The second-order valence-corrected chi connectivity index (χ2v) is 5.86. The van der Waals surface area contributed by atoms with Crippen molar-refractivity contribution in [2.75, 3.05) is 39.6 Å². The average Bonchev–Trinajstić information content (AvgIpc) is 3.29. The van der Waals surface area contributed by atoms with E-state index >= 15 is 0 Å². The van der Waals surface area contributed by atoms with Gasteiger partial charge in [0, 0.05) is 6.04 Å². The first-order valence-electron chi connectivity index (χ1n) is 8.61. The first kappa shape index (κ1) is 19.2. The van der Waals surface area contributed by atoms with E-state index in [-0.39, 0.29) is 32.5 Å². The number of carbonyl (C=O) groups excluding carboxylic acids is 1. The van der Waals surface area contributed by atoms with E-state index in [0.717, 1.165) is 25.7 Å². The maximum absolute atomic E-state index is 12.5. The lowest BCUT2D eigenvalue weighted by atomic mass is 10.1. The Morgan fingerprint density at radius 3 is 2.76 bits per heavy atom. The van der Waals surface area contributed by atoms with Gasteiger partial charge in [-0.2, -0.15) is 0 Å². The molecule has 25 heavy (non-hydrogen) atoms. The molecule has 1 saturated carbocycles. The van der Waals surface area contributed by atoms with Crippen LogP contribution in [0.15, 0.2) is 4.99 Å². The number of rotatable bonds is 11. The highest BCUT2D eigenvalue weighted by atomic mass is 17.0. The van der Waals surface area contributed by atoms with E-state index in [1.807, 2.05) is 0 Å². The molecule has 10 heteroatoms. The number of amides is 1. The van der Waals surface area contributed by atoms with Gasteiger partial charge in [0.25, 0.3) is 11.1 Å². The van der Waals surface area contributed by atoms with E-state index in [2.05, 4.69) is 16.8 Å². The number of hydrogen-bond acceptors (Lipinski definition) is 8. The monoisotopic (exact) mass is 359 g/mol. The Hall–Kier alpha value is -2.10. The lowest BCUT2D eigenvalue weighted by Crippen LogP contribution is -2.46. The molecular formula is C15H25N3O7. The Bertz CT molecular complexity index is 482. The van der Waals surface area contributed by atoms with E-state index in [9.17, 15) is 14.9 Å². The van der Waals surface area contributed by atoms with Gasteiger partial charge in [-0.05, 0) is 25.2 Å². The van der Waals surface area contributed by atoms with Crippen LogP contribution in [0.2, 0.25) is 0 Å². The van der Waals surface area contributed by atoms with Crippen molar-refractivity contribution in [1.82, 2.24) is 4.90 Å². The van der Waals surface area contributed by atoms with Crippen LogP contribution in [-0.4, -0.2) is 67.7 Å². The summed E-state index contributed by atoms with van der Waals surface area (Å²) in [6.07, 6.45) is 3.54. The molecule has 0 aromatic carbocycles. The summed E-state index contributed by atoms with van der Waals surface area (Å²) in [5, 5.41) is 9.11. The molecule has 1 aliphatic carbocycles. The van der Waals surface area contributed by atoms with Gasteiger partial charge in [-0.15, -0.1) is 10.1 Å². The Labute approximate surface area is 146 Å². The molecular weight excluding hydrogens is 334 g/mol. The summed E-state index contributed by atoms with van der Waals surface area (Å²) >= 11 is 0. The second kappa shape index (κ2) is 10.0. The Morgan fingerprint density at radius 1 is 1.40 bits per heavy atom. The van der Waals surface area contributed by atoms with Crippen LogP contribution in [0.1, 0.15) is 32.6 Å². The highest BCUT2D eigenvalue weighted by Crippen LogP contribution is 2.38. The maximum Gasteiger partial charge on any atom is 0.418 e. The maximum atomic E-state index is 12.5. The zero-order valence-electron chi connectivity index (χ0n) is 14.4. The van der Waals surface area contributed by atoms with Crippen LogP contribution in [0.5, 0.6) is 0 Å². The molecule has 2 aliphatic rings. The number of carbonyl (C=O) groups is 1. The Kier molecular flexibility index (Phi) is 7.71. The van der Waals surface area contributed by atoms with Crippen LogP contribution in [-0.2, 0) is 19.0 Å². The van der Waals surface area contributed by atoms with Gasteiger partial charge in [0.1, 0.15) is 19.8 Å². The van der Waals surface area contributed by atoms with Crippen molar-refractivity contribution in [2.45, 2.75) is 38.6 Å². The number of nitrogens with zero attached hydrogens (tertiary/aromatic N) is 3. The summed E-state index contributed by atoms with van der Waals surface area (Å²) in [4.78, 5) is 32.4. The molecule has 1 unspecified atom stereocenters. The fourth-order valence-corrected chi connectivity index (χ4v) is 2.71. The number of ether oxygens (including phenoxy) is 3. The van der Waals surface area contributed by atoms with E-state index < -0.39 is 11.2 Å². The normalized spacial score (nSPS) is 17.4. The minimum atomic E-state index is -0.880. The third-order valence-corrected chi connectivity index (χ3v) is 3.93. The molecule has 0 radical (unpaired) electrons. The van der Waals surface area contributed by atoms with E-state index in [1.165, 1.54) is 0 Å². The molecule has 0 bridgehead atoms. The van der Waals surface area contributed by atoms with Crippen molar-refractivity contribution in [2.24, 2.45) is 10.9 Å². The molecule has 142 valence electrons. The van der Waals surface area contributed by atoms with Crippen molar-refractivity contribution >= 4 is 12.1 Å². The summed E-state index contributed by atoms with van der Waals surface area (Å²) in [5.41, 5.74) is 0. The Morgan fingerprint density at radius 2 is 2.16 bits per heavy atom. The third-order valence-electron chi connectivity index (χ3n) is 3.93. The second-order valence-electron chi connectivity index (χ2n) is 5.86. The molecule has 1 fully saturated rings. The molecule has 0 N–H and O–H groups in total. The zero-order chi connectivity index (χ0) is 18.1. The standard InChI is InChI=1S/C15H25N3O7/c1-2-3-13(12-4-5-12)17(14-16-6-7-23-14)15(19)24-10-8-22-9-11-25-18(20)21/h12-13H,2-11H2,1H3. The lowest BCUT2D eigenvalue weighted by Gasteiger charge is -2.29. The van der Waals surface area contributed by atoms with Gasteiger partial charge in [0.05, 0.1) is 19.8 Å². The van der Waals surface area contributed by atoms with Crippen LogP contribution in [0.4, 0.5) is 4.79 Å². The summed E-state index contributed by atoms with van der Waals surface area (Å²) in [7, 11) is 0. The third kappa shape index (κ3) is 6.37. The largest absolute Gasteiger partial charge is 0.463 e. The molecule has 1 amide bonds. The topological polar surface area (TPSA) is 113 Å². The van der Waals surface area contributed by atoms with Gasteiger partial charge in [0.2, 0.25) is 0 Å². The quantitative estimate of drug-likeness (QED) is 0.313. The molecule has 0 saturated heterocycles. The molecule has 0 spiro atoms. The lowest BCUT2D eigenvalue weighted by molar-refractivity contribution is -0.758. The number of hydrogen-bond donors (Lipinski definition) is 0. The predicted octanol–water partition coefficient (Wildman–Crippen LogP) is 1.61. The Balaban J connectivity index is 1.78. The summed E-state index contributed by atoms with van der Waals surface area (Å²) < 4.78 is 15.9.